The number of benzene rings is 4. The average molecular weight is 634 g/mol. The van der Waals surface area contributed by atoms with Crippen molar-refractivity contribution >= 4 is 11.8 Å². The van der Waals surface area contributed by atoms with Crippen molar-refractivity contribution in [2.24, 2.45) is 10.1 Å². The second-order valence-electron chi connectivity index (χ2n) is 11.1. The molecule has 5 rings (SSSR count). The standard InChI is InChI=1S/C37H39N5O5/c1-2-45-33-16-9-7-13-28(33)21-22-39-36(44)37(25-27-11-4-3-5-12-27)34(32-15-8-6-14-30(32)26-40-42-38)47-35(41-37)29-17-19-31(20-18-29)46-24-10-23-43/h3-9,11-20,34,43H,2,10,21-26H2,1H3,(H,39,44)/t34-,37-/m1/s1. The molecule has 4 aromatic carbocycles. The fourth-order valence-electron chi connectivity index (χ4n) is 5.68. The Kier molecular flexibility index (Phi) is 11.5. The van der Waals surface area contributed by atoms with E-state index in [0.717, 1.165) is 28.0 Å². The third-order valence-corrected chi connectivity index (χ3v) is 7.94. The molecular weight excluding hydrogens is 594 g/mol. The smallest absolute Gasteiger partial charge is 0.252 e. The van der Waals surface area contributed by atoms with Crippen LogP contribution in [0.1, 0.15) is 47.3 Å². The zero-order valence-corrected chi connectivity index (χ0v) is 26.4. The van der Waals surface area contributed by atoms with E-state index in [-0.39, 0.29) is 25.5 Å². The Labute approximate surface area is 274 Å². The number of para-hydroxylation sites is 1. The lowest BCUT2D eigenvalue weighted by molar-refractivity contribution is -0.128. The monoisotopic (exact) mass is 633 g/mol. The van der Waals surface area contributed by atoms with Crippen LogP contribution in [0.3, 0.4) is 0 Å². The van der Waals surface area contributed by atoms with Crippen molar-refractivity contribution in [1.29, 1.82) is 0 Å². The third-order valence-electron chi connectivity index (χ3n) is 7.94. The van der Waals surface area contributed by atoms with Gasteiger partial charge in [-0.05, 0) is 71.5 Å². The van der Waals surface area contributed by atoms with Crippen molar-refractivity contribution < 1.29 is 24.1 Å². The fraction of sp³-hybridized carbons (Fsp3) is 0.297. The van der Waals surface area contributed by atoms with Gasteiger partial charge in [-0.25, -0.2) is 4.99 Å². The molecule has 47 heavy (non-hydrogen) atoms. The molecule has 0 unspecified atom stereocenters. The number of nitrogens with one attached hydrogen (secondary N) is 1. The molecule has 2 atom stereocenters. The molecule has 10 nitrogen and oxygen atoms in total. The van der Waals surface area contributed by atoms with E-state index in [4.69, 9.17) is 29.8 Å². The molecule has 1 amide bonds. The maximum atomic E-state index is 14.6. The lowest BCUT2D eigenvalue weighted by Crippen LogP contribution is -2.50. The number of aliphatic imine (C=N–C) groups is 1. The van der Waals surface area contributed by atoms with Gasteiger partial charge in [-0.1, -0.05) is 77.9 Å². The first-order valence-electron chi connectivity index (χ1n) is 15.8. The van der Waals surface area contributed by atoms with Crippen molar-refractivity contribution in [1.82, 2.24) is 5.32 Å². The molecule has 242 valence electrons. The van der Waals surface area contributed by atoms with Gasteiger partial charge in [0.05, 0.1) is 19.8 Å². The van der Waals surface area contributed by atoms with Gasteiger partial charge in [-0.2, -0.15) is 0 Å². The number of amides is 1. The fourth-order valence-corrected chi connectivity index (χ4v) is 5.68. The average Bonchev–Trinajstić information content (AvgIpc) is 3.49. The van der Waals surface area contributed by atoms with E-state index >= 15 is 0 Å². The summed E-state index contributed by atoms with van der Waals surface area (Å²) in [6.07, 6.45) is 0.542. The van der Waals surface area contributed by atoms with Gasteiger partial charge in [0.15, 0.2) is 11.6 Å². The first-order chi connectivity index (χ1) is 23.1. The Hall–Kier alpha value is -5.31. The molecule has 0 saturated heterocycles. The van der Waals surface area contributed by atoms with Gasteiger partial charge in [-0.3, -0.25) is 4.79 Å². The first-order valence-corrected chi connectivity index (χ1v) is 15.8. The van der Waals surface area contributed by atoms with Gasteiger partial charge in [0.1, 0.15) is 11.5 Å². The van der Waals surface area contributed by atoms with Crippen LogP contribution in [0.15, 0.2) is 113 Å². The van der Waals surface area contributed by atoms with Gasteiger partial charge in [-0.15, -0.1) is 0 Å². The van der Waals surface area contributed by atoms with Crippen molar-refractivity contribution in [3.8, 4) is 11.5 Å². The zero-order chi connectivity index (χ0) is 32.9. The molecule has 0 fully saturated rings. The quantitative estimate of drug-likeness (QED) is 0.0627. The summed E-state index contributed by atoms with van der Waals surface area (Å²) in [6, 6.07) is 32.4. The molecule has 2 N–H and O–H groups in total. The summed E-state index contributed by atoms with van der Waals surface area (Å²) in [5.41, 5.74) is 11.8. The largest absolute Gasteiger partial charge is 0.494 e. The number of hydrogen-bond acceptors (Lipinski definition) is 7. The minimum atomic E-state index is -1.39. The lowest BCUT2D eigenvalue weighted by atomic mass is 9.80. The number of nitrogens with zero attached hydrogens (tertiary/aromatic N) is 4. The van der Waals surface area contributed by atoms with Gasteiger partial charge in [0, 0.05) is 36.5 Å². The molecule has 0 radical (unpaired) electrons. The number of carbonyl (C=O) groups excluding carboxylic acids is 1. The summed E-state index contributed by atoms with van der Waals surface area (Å²) in [4.78, 5) is 22.7. The first kappa shape index (κ1) is 33.1. The predicted octanol–water partition coefficient (Wildman–Crippen LogP) is 6.52. The molecule has 0 spiro atoms. The van der Waals surface area contributed by atoms with Crippen LogP contribution in [0.2, 0.25) is 0 Å². The molecular formula is C37H39N5O5. The minimum absolute atomic E-state index is 0.0514. The SMILES string of the molecule is CCOc1ccccc1CCNC(=O)[C@]1(Cc2ccccc2)N=C(c2ccc(OCCCO)cc2)O[C@@H]1c1ccccc1CN=[N+]=[N-]. The second kappa shape index (κ2) is 16.3. The Balaban J connectivity index is 1.54. The highest BCUT2D eigenvalue weighted by molar-refractivity contribution is 6.01. The van der Waals surface area contributed by atoms with Crippen LogP contribution in [0, 0.1) is 0 Å². The van der Waals surface area contributed by atoms with E-state index < -0.39 is 11.6 Å². The van der Waals surface area contributed by atoms with Crippen molar-refractivity contribution in [3.05, 3.63) is 141 Å². The number of rotatable bonds is 16. The van der Waals surface area contributed by atoms with Crippen LogP contribution in [-0.2, 0) is 28.9 Å². The Morgan fingerprint density at radius 1 is 0.979 bits per heavy atom. The zero-order valence-electron chi connectivity index (χ0n) is 26.4. The molecule has 0 aliphatic carbocycles. The van der Waals surface area contributed by atoms with E-state index in [1.165, 1.54) is 0 Å². The predicted molar refractivity (Wildman–Crippen MR) is 180 cm³/mol. The maximum absolute atomic E-state index is 14.6. The summed E-state index contributed by atoms with van der Waals surface area (Å²) in [6.45, 7) is 3.39. The van der Waals surface area contributed by atoms with Crippen LogP contribution < -0.4 is 14.8 Å². The van der Waals surface area contributed by atoms with Crippen LogP contribution in [0.25, 0.3) is 10.4 Å². The van der Waals surface area contributed by atoms with Crippen LogP contribution in [-0.4, -0.2) is 48.8 Å². The summed E-state index contributed by atoms with van der Waals surface area (Å²) in [5, 5.41) is 16.1. The number of aliphatic hydroxyl groups is 1. The molecule has 10 heteroatoms. The Morgan fingerprint density at radius 2 is 1.70 bits per heavy atom. The maximum Gasteiger partial charge on any atom is 0.252 e. The number of ether oxygens (including phenoxy) is 3. The highest BCUT2D eigenvalue weighted by Crippen LogP contribution is 2.44. The summed E-state index contributed by atoms with van der Waals surface area (Å²) < 4.78 is 18.2. The Bertz CT molecular complexity index is 1710. The number of hydrogen-bond donors (Lipinski definition) is 2. The second-order valence-corrected chi connectivity index (χ2v) is 11.1. The molecule has 0 aromatic heterocycles. The topological polar surface area (TPSA) is 138 Å². The summed E-state index contributed by atoms with van der Waals surface area (Å²) in [7, 11) is 0. The highest BCUT2D eigenvalue weighted by Gasteiger charge is 2.53. The molecule has 0 saturated carbocycles. The molecule has 4 aromatic rings. The minimum Gasteiger partial charge on any atom is -0.494 e. The van der Waals surface area contributed by atoms with Gasteiger partial charge in [0.25, 0.3) is 5.91 Å². The summed E-state index contributed by atoms with van der Waals surface area (Å²) >= 11 is 0. The van der Waals surface area contributed by atoms with Crippen molar-refractivity contribution in [2.45, 2.75) is 44.4 Å². The van der Waals surface area contributed by atoms with Gasteiger partial charge < -0.3 is 24.6 Å². The van der Waals surface area contributed by atoms with Crippen LogP contribution >= 0.6 is 0 Å². The number of aliphatic hydroxyl groups excluding tert-OH is 1. The van der Waals surface area contributed by atoms with E-state index in [2.05, 4.69) is 15.3 Å². The van der Waals surface area contributed by atoms with Gasteiger partial charge in [0.2, 0.25) is 5.90 Å². The highest BCUT2D eigenvalue weighted by atomic mass is 16.5. The van der Waals surface area contributed by atoms with Crippen molar-refractivity contribution in [3.63, 3.8) is 0 Å². The normalized spacial score (nSPS) is 16.8. The van der Waals surface area contributed by atoms with Gasteiger partial charge >= 0.3 is 0 Å². The molecule has 0 bridgehead atoms. The molecule has 1 aliphatic heterocycles. The number of azide groups is 1. The molecule has 1 aliphatic rings. The molecule has 1 heterocycles. The number of carbonyl (C=O) groups is 1. The van der Waals surface area contributed by atoms with Crippen molar-refractivity contribution in [2.75, 3.05) is 26.4 Å². The Morgan fingerprint density at radius 3 is 2.45 bits per heavy atom. The van der Waals surface area contributed by atoms with Crippen LogP contribution in [0.4, 0.5) is 0 Å². The summed E-state index contributed by atoms with van der Waals surface area (Å²) in [5.74, 6) is 1.49. The van der Waals surface area contributed by atoms with E-state index in [1.54, 1.807) is 0 Å². The lowest BCUT2D eigenvalue weighted by Gasteiger charge is -2.32. The van der Waals surface area contributed by atoms with E-state index in [0.29, 0.717) is 49.8 Å². The van der Waals surface area contributed by atoms with E-state index in [9.17, 15) is 4.79 Å². The van der Waals surface area contributed by atoms with E-state index in [1.807, 2.05) is 110 Å². The third kappa shape index (κ3) is 8.10. The van der Waals surface area contributed by atoms with Crippen LogP contribution in [0.5, 0.6) is 11.5 Å².